The van der Waals surface area contributed by atoms with Crippen molar-refractivity contribution in [1.29, 1.82) is 0 Å². The summed E-state index contributed by atoms with van der Waals surface area (Å²) in [5, 5.41) is 3.00. The molecular weight excluding hydrogens is 276 g/mol. The largest absolute Gasteiger partial charge is 0.370 e. The Bertz CT molecular complexity index is 571. The molecule has 1 aromatic carbocycles. The molecule has 6 nitrogen and oxygen atoms in total. The van der Waals surface area contributed by atoms with E-state index in [1.807, 2.05) is 30.3 Å². The van der Waals surface area contributed by atoms with Crippen LogP contribution in [0.25, 0.3) is 0 Å². The minimum atomic E-state index is -3.08. The summed E-state index contributed by atoms with van der Waals surface area (Å²) in [6.45, 7) is 1.64. The van der Waals surface area contributed by atoms with E-state index in [2.05, 4.69) is 10.3 Å². The number of aliphatic imine (C=N–C) groups is 1. The number of rotatable bonds is 4. The Morgan fingerprint density at radius 2 is 2.15 bits per heavy atom. The molecule has 1 aliphatic heterocycles. The smallest absolute Gasteiger partial charge is 0.211 e. The second-order valence-corrected chi connectivity index (χ2v) is 6.98. The summed E-state index contributed by atoms with van der Waals surface area (Å²) < 4.78 is 24.3. The summed E-state index contributed by atoms with van der Waals surface area (Å²) in [6.07, 6.45) is 2.07. The Balaban J connectivity index is 1.84. The maximum absolute atomic E-state index is 11.4. The van der Waals surface area contributed by atoms with Crippen LogP contribution in [-0.2, 0) is 10.0 Å². The highest BCUT2D eigenvalue weighted by Crippen LogP contribution is 2.18. The van der Waals surface area contributed by atoms with Gasteiger partial charge in [0.05, 0.1) is 6.26 Å². The summed E-state index contributed by atoms with van der Waals surface area (Å²) in [6, 6.07) is 9.57. The Kier molecular flexibility index (Phi) is 4.61. The number of guanidine groups is 1. The normalized spacial score (nSPS) is 21.1. The third-order valence-electron chi connectivity index (χ3n) is 3.28. The lowest BCUT2D eigenvalue weighted by molar-refractivity contribution is 0.464. The van der Waals surface area contributed by atoms with Crippen LogP contribution in [-0.4, -0.2) is 44.6 Å². The molecule has 1 saturated heterocycles. The van der Waals surface area contributed by atoms with Gasteiger partial charge in [-0.3, -0.25) is 4.99 Å². The molecule has 20 heavy (non-hydrogen) atoms. The molecule has 0 aromatic heterocycles. The van der Waals surface area contributed by atoms with Crippen LogP contribution in [0.1, 0.15) is 6.42 Å². The average Bonchev–Trinajstić information content (AvgIpc) is 2.86. The number of anilines is 1. The van der Waals surface area contributed by atoms with Crippen LogP contribution in [0.2, 0.25) is 0 Å². The SMILES string of the molecule is CS(=O)(=O)N1CCC(CN=C(N)Nc2ccccc2)C1. The predicted octanol–water partition coefficient (Wildman–Crippen LogP) is 0.695. The molecule has 7 heteroatoms. The summed E-state index contributed by atoms with van der Waals surface area (Å²) in [5.74, 6) is 0.592. The van der Waals surface area contributed by atoms with Gasteiger partial charge in [-0.25, -0.2) is 12.7 Å². The van der Waals surface area contributed by atoms with E-state index in [1.165, 1.54) is 10.6 Å². The lowest BCUT2D eigenvalue weighted by atomic mass is 10.1. The van der Waals surface area contributed by atoms with Crippen LogP contribution in [0.15, 0.2) is 35.3 Å². The lowest BCUT2D eigenvalue weighted by Gasteiger charge is -2.12. The minimum Gasteiger partial charge on any atom is -0.370 e. The molecule has 0 amide bonds. The fourth-order valence-corrected chi connectivity index (χ4v) is 3.10. The van der Waals surface area contributed by atoms with Gasteiger partial charge in [-0.05, 0) is 24.5 Å². The van der Waals surface area contributed by atoms with E-state index in [9.17, 15) is 8.42 Å². The number of nitrogens with zero attached hydrogens (tertiary/aromatic N) is 2. The lowest BCUT2D eigenvalue weighted by Crippen LogP contribution is -2.28. The first kappa shape index (κ1) is 14.8. The van der Waals surface area contributed by atoms with Gasteiger partial charge in [0.15, 0.2) is 5.96 Å². The maximum atomic E-state index is 11.4. The maximum Gasteiger partial charge on any atom is 0.211 e. The Labute approximate surface area is 119 Å². The van der Waals surface area contributed by atoms with E-state index >= 15 is 0 Å². The van der Waals surface area contributed by atoms with E-state index in [0.717, 1.165) is 12.1 Å². The highest BCUT2D eigenvalue weighted by Gasteiger charge is 2.28. The van der Waals surface area contributed by atoms with Crippen molar-refractivity contribution in [3.8, 4) is 0 Å². The van der Waals surface area contributed by atoms with Crippen molar-refractivity contribution in [2.24, 2.45) is 16.6 Å². The molecule has 3 N–H and O–H groups in total. The fourth-order valence-electron chi connectivity index (χ4n) is 2.18. The van der Waals surface area contributed by atoms with Crippen molar-refractivity contribution in [2.75, 3.05) is 31.2 Å². The third kappa shape index (κ3) is 4.21. The van der Waals surface area contributed by atoms with Crippen LogP contribution in [0.5, 0.6) is 0 Å². The minimum absolute atomic E-state index is 0.237. The molecule has 2 rings (SSSR count). The molecule has 1 unspecified atom stereocenters. The van der Waals surface area contributed by atoms with Gasteiger partial charge >= 0.3 is 0 Å². The number of para-hydroxylation sites is 1. The van der Waals surface area contributed by atoms with Gasteiger partial charge in [0.2, 0.25) is 10.0 Å². The number of nitrogens with one attached hydrogen (secondary N) is 1. The van der Waals surface area contributed by atoms with Gasteiger partial charge in [-0.2, -0.15) is 0 Å². The van der Waals surface area contributed by atoms with Gasteiger partial charge in [0.25, 0.3) is 0 Å². The molecule has 0 aliphatic carbocycles. The highest BCUT2D eigenvalue weighted by atomic mass is 32.2. The predicted molar refractivity (Wildman–Crippen MR) is 81.1 cm³/mol. The zero-order valence-electron chi connectivity index (χ0n) is 11.5. The molecule has 1 aliphatic rings. The second kappa shape index (κ2) is 6.23. The van der Waals surface area contributed by atoms with Crippen molar-refractivity contribution in [3.05, 3.63) is 30.3 Å². The fraction of sp³-hybridized carbons (Fsp3) is 0.462. The standard InChI is InChI=1S/C13H20N4O2S/c1-20(18,19)17-8-7-11(10-17)9-15-13(14)16-12-5-3-2-4-6-12/h2-6,11H,7-10H2,1H3,(H3,14,15,16). The molecule has 0 bridgehead atoms. The average molecular weight is 296 g/mol. The van der Waals surface area contributed by atoms with Gasteiger partial charge in [-0.15, -0.1) is 0 Å². The molecule has 1 fully saturated rings. The van der Waals surface area contributed by atoms with E-state index in [0.29, 0.717) is 25.6 Å². The molecule has 1 heterocycles. The van der Waals surface area contributed by atoms with Gasteiger partial charge in [-0.1, -0.05) is 18.2 Å². The summed E-state index contributed by atoms with van der Waals surface area (Å²) >= 11 is 0. The zero-order chi connectivity index (χ0) is 14.6. The summed E-state index contributed by atoms with van der Waals surface area (Å²) in [7, 11) is -3.08. The van der Waals surface area contributed by atoms with E-state index in [4.69, 9.17) is 5.73 Å². The molecule has 0 spiro atoms. The van der Waals surface area contributed by atoms with Crippen LogP contribution < -0.4 is 11.1 Å². The first-order valence-corrected chi connectivity index (χ1v) is 8.37. The van der Waals surface area contributed by atoms with E-state index in [1.54, 1.807) is 0 Å². The van der Waals surface area contributed by atoms with E-state index in [-0.39, 0.29) is 5.92 Å². The number of hydrogen-bond acceptors (Lipinski definition) is 3. The van der Waals surface area contributed by atoms with Gasteiger partial charge in [0.1, 0.15) is 0 Å². The molecule has 1 aromatic rings. The number of nitrogens with two attached hydrogens (primary N) is 1. The first-order valence-electron chi connectivity index (χ1n) is 6.52. The molecule has 110 valence electrons. The monoisotopic (exact) mass is 296 g/mol. The zero-order valence-corrected chi connectivity index (χ0v) is 12.3. The number of benzene rings is 1. The van der Waals surface area contributed by atoms with Crippen molar-refractivity contribution in [3.63, 3.8) is 0 Å². The molecule has 0 radical (unpaired) electrons. The Morgan fingerprint density at radius 1 is 1.45 bits per heavy atom. The van der Waals surface area contributed by atoms with Gasteiger partial charge < -0.3 is 11.1 Å². The van der Waals surface area contributed by atoms with E-state index < -0.39 is 10.0 Å². The van der Waals surface area contributed by atoms with Crippen molar-refractivity contribution >= 4 is 21.7 Å². The van der Waals surface area contributed by atoms with Crippen molar-refractivity contribution in [2.45, 2.75) is 6.42 Å². The van der Waals surface area contributed by atoms with Crippen molar-refractivity contribution in [1.82, 2.24) is 4.31 Å². The Morgan fingerprint density at radius 3 is 2.75 bits per heavy atom. The number of sulfonamides is 1. The first-order chi connectivity index (χ1) is 9.45. The topological polar surface area (TPSA) is 87.8 Å². The Hall–Kier alpha value is -1.60. The molecule has 0 saturated carbocycles. The summed E-state index contributed by atoms with van der Waals surface area (Å²) in [5.41, 5.74) is 6.70. The highest BCUT2D eigenvalue weighted by molar-refractivity contribution is 7.88. The number of hydrogen-bond donors (Lipinski definition) is 2. The van der Waals surface area contributed by atoms with Crippen LogP contribution in [0.3, 0.4) is 0 Å². The van der Waals surface area contributed by atoms with Crippen LogP contribution in [0, 0.1) is 5.92 Å². The van der Waals surface area contributed by atoms with Crippen molar-refractivity contribution < 1.29 is 8.42 Å². The van der Waals surface area contributed by atoms with Crippen LogP contribution >= 0.6 is 0 Å². The third-order valence-corrected chi connectivity index (χ3v) is 4.55. The molecular formula is C13H20N4O2S. The molecule has 1 atom stereocenters. The quantitative estimate of drug-likeness (QED) is 0.632. The van der Waals surface area contributed by atoms with Gasteiger partial charge in [0, 0.05) is 25.3 Å². The second-order valence-electron chi connectivity index (χ2n) is 4.99. The van der Waals surface area contributed by atoms with Crippen LogP contribution in [0.4, 0.5) is 5.69 Å². The summed E-state index contributed by atoms with van der Waals surface area (Å²) in [4.78, 5) is 4.28.